The van der Waals surface area contributed by atoms with Crippen LogP contribution in [0.5, 0.6) is 17.2 Å². The van der Waals surface area contributed by atoms with Crippen LogP contribution >= 0.6 is 0 Å². The van der Waals surface area contributed by atoms with Crippen molar-refractivity contribution in [2.45, 2.75) is 70.6 Å². The highest BCUT2D eigenvalue weighted by atomic mass is 16.6. The third kappa shape index (κ3) is 10.9. The minimum Gasteiger partial charge on any atom is -0.482 e. The van der Waals surface area contributed by atoms with E-state index in [2.05, 4.69) is 0 Å². The van der Waals surface area contributed by atoms with E-state index in [1.807, 2.05) is 0 Å². The number of aliphatic hydroxyl groups excluding tert-OH is 3. The number of fused-ring (bicyclic) bond motifs is 1. The molecule has 0 saturated carbocycles. The molecule has 0 saturated heterocycles. The molecule has 238 valence electrons. The lowest BCUT2D eigenvalue weighted by Crippen LogP contribution is -2.14. The number of carbonyl (C=O) groups is 3. The molecule has 11 heteroatoms. The molecule has 0 aliphatic carbocycles. The predicted octanol–water partition coefficient (Wildman–Crippen LogP) is 4.49. The number of hydrogen-bond donors (Lipinski definition) is 3. The quantitative estimate of drug-likeness (QED) is 0.0933. The lowest BCUT2D eigenvalue weighted by Gasteiger charge is -2.13. The van der Waals surface area contributed by atoms with Crippen molar-refractivity contribution >= 4 is 28.7 Å². The van der Waals surface area contributed by atoms with Gasteiger partial charge in [-0.3, -0.25) is 19.2 Å². The average Bonchev–Trinajstić information content (AvgIpc) is 3.01. The molecule has 3 aromatic rings. The number of unbranched alkanes of at least 4 members (excludes halogenated alkanes) is 5. The van der Waals surface area contributed by atoms with E-state index in [0.717, 1.165) is 6.42 Å². The van der Waals surface area contributed by atoms with Crippen LogP contribution in [0.25, 0.3) is 22.1 Å². The number of carbonyl (C=O) groups excluding carboxylic acids is 3. The molecule has 3 rings (SSSR count). The molecule has 0 aliphatic heterocycles. The molecule has 3 N–H and O–H groups in total. The van der Waals surface area contributed by atoms with Crippen molar-refractivity contribution in [2.75, 3.05) is 26.4 Å². The third-order valence-corrected chi connectivity index (χ3v) is 6.79. The molecule has 11 nitrogen and oxygen atoms in total. The second-order valence-electron chi connectivity index (χ2n) is 10.3. The number of esters is 2. The summed E-state index contributed by atoms with van der Waals surface area (Å²) in [5.41, 5.74) is 0.512. The molecule has 0 unspecified atom stereocenters. The highest BCUT2D eigenvalue weighted by Crippen LogP contribution is 2.33. The van der Waals surface area contributed by atoms with E-state index in [-0.39, 0.29) is 90.9 Å². The molecule has 0 spiro atoms. The molecule has 0 fully saturated rings. The lowest BCUT2D eigenvalue weighted by atomic mass is 10.1. The summed E-state index contributed by atoms with van der Waals surface area (Å²) in [6.45, 7) is -0.212. The lowest BCUT2D eigenvalue weighted by molar-refractivity contribution is -0.135. The Hall–Kier alpha value is -4.06. The fourth-order valence-corrected chi connectivity index (χ4v) is 4.37. The normalized spacial score (nSPS) is 11.0. The molecule has 1 heterocycles. The van der Waals surface area contributed by atoms with E-state index in [4.69, 9.17) is 33.9 Å². The maximum absolute atomic E-state index is 13.5. The van der Waals surface area contributed by atoms with Crippen LogP contribution in [-0.4, -0.2) is 59.5 Å². The number of ether oxygens (including phenoxy) is 3. The fourth-order valence-electron chi connectivity index (χ4n) is 4.37. The third-order valence-electron chi connectivity index (χ3n) is 6.79. The Labute approximate surface area is 255 Å². The number of ketones is 1. The predicted molar refractivity (Wildman–Crippen MR) is 162 cm³/mol. The van der Waals surface area contributed by atoms with Gasteiger partial charge in [-0.1, -0.05) is 25.0 Å². The summed E-state index contributed by atoms with van der Waals surface area (Å²) in [7, 11) is 0. The van der Waals surface area contributed by atoms with Crippen molar-refractivity contribution in [3.63, 3.8) is 0 Å². The second-order valence-corrected chi connectivity index (χ2v) is 10.3. The van der Waals surface area contributed by atoms with Gasteiger partial charge < -0.3 is 33.9 Å². The summed E-state index contributed by atoms with van der Waals surface area (Å²) in [5.74, 6) is -0.776. The highest BCUT2D eigenvalue weighted by molar-refractivity contribution is 5.86. The highest BCUT2D eigenvalue weighted by Gasteiger charge is 2.18. The zero-order valence-corrected chi connectivity index (χ0v) is 24.8. The monoisotopic (exact) mass is 612 g/mol. The summed E-state index contributed by atoms with van der Waals surface area (Å²) < 4.78 is 22.3. The van der Waals surface area contributed by atoms with E-state index >= 15 is 0 Å². The largest absolute Gasteiger partial charge is 0.482 e. The van der Waals surface area contributed by atoms with E-state index in [9.17, 15) is 19.2 Å². The molecule has 0 atom stereocenters. The first kappa shape index (κ1) is 34.4. The summed E-state index contributed by atoms with van der Waals surface area (Å²) in [6.07, 6.45) is 6.54. The van der Waals surface area contributed by atoms with Crippen LogP contribution in [-0.2, 0) is 14.4 Å². The molecular weight excluding hydrogens is 572 g/mol. The van der Waals surface area contributed by atoms with E-state index in [0.29, 0.717) is 56.3 Å². The Morgan fingerprint density at radius 2 is 1.27 bits per heavy atom. The molecule has 0 bridgehead atoms. The number of rotatable bonds is 20. The van der Waals surface area contributed by atoms with Crippen molar-refractivity contribution in [3.8, 4) is 28.4 Å². The molecule has 1 aromatic heterocycles. The van der Waals surface area contributed by atoms with Gasteiger partial charge in [0.15, 0.2) is 17.3 Å². The minimum absolute atomic E-state index is 0.00578. The van der Waals surface area contributed by atoms with Gasteiger partial charge >= 0.3 is 11.9 Å². The van der Waals surface area contributed by atoms with Crippen LogP contribution < -0.4 is 19.6 Å². The molecule has 2 aromatic carbocycles. The van der Waals surface area contributed by atoms with Crippen LogP contribution in [0, 0.1) is 0 Å². The van der Waals surface area contributed by atoms with E-state index in [1.54, 1.807) is 24.3 Å². The minimum atomic E-state index is -0.536. The van der Waals surface area contributed by atoms with Crippen molar-refractivity contribution in [3.05, 3.63) is 52.9 Å². The SMILES string of the molecule is O=C(CCCCO)COc1cc2c(=O)c(-c3ccc(OC(=O)CCCCCO)cc3)coc2cc1OC(=O)CCCCCO. The zero-order chi connectivity index (χ0) is 31.7. The van der Waals surface area contributed by atoms with Gasteiger partial charge in [0.05, 0.1) is 10.9 Å². The number of benzene rings is 2. The molecule has 44 heavy (non-hydrogen) atoms. The average molecular weight is 613 g/mol. The van der Waals surface area contributed by atoms with Crippen LogP contribution in [0.3, 0.4) is 0 Å². The van der Waals surface area contributed by atoms with Crippen molar-refractivity contribution < 1.29 is 48.3 Å². The van der Waals surface area contributed by atoms with Gasteiger partial charge in [0, 0.05) is 45.1 Å². The summed E-state index contributed by atoms with van der Waals surface area (Å²) >= 11 is 0. The maximum Gasteiger partial charge on any atom is 0.311 e. The van der Waals surface area contributed by atoms with Gasteiger partial charge in [-0.15, -0.1) is 0 Å². The maximum atomic E-state index is 13.5. The first-order valence-electron chi connectivity index (χ1n) is 14.9. The molecular formula is C33H40O11. The standard InChI is InChI=1S/C33H40O11/c34-16-6-1-3-10-31(38)43-25-14-12-23(13-15-25)27-22-42-28-20-30(44-32(39)11-4-2-7-17-35)29(19-26(28)33(27)40)41-21-24(37)9-5-8-18-36/h12-15,19-20,22,34-36H,1-11,16-18,21H2. The van der Waals surface area contributed by atoms with E-state index in [1.165, 1.54) is 18.4 Å². The van der Waals surface area contributed by atoms with Gasteiger partial charge in [-0.05, 0) is 62.3 Å². The molecule has 0 radical (unpaired) electrons. The zero-order valence-electron chi connectivity index (χ0n) is 24.8. The molecule has 0 amide bonds. The van der Waals surface area contributed by atoms with Gasteiger partial charge in [0.25, 0.3) is 0 Å². The van der Waals surface area contributed by atoms with Crippen LogP contribution in [0.15, 0.2) is 51.9 Å². The number of Topliss-reactive ketones (excluding diaryl/α,β-unsaturated/α-hetero) is 1. The first-order chi connectivity index (χ1) is 21.4. The Morgan fingerprint density at radius 1 is 0.682 bits per heavy atom. The Morgan fingerprint density at radius 3 is 1.91 bits per heavy atom. The van der Waals surface area contributed by atoms with Crippen molar-refractivity contribution in [1.29, 1.82) is 0 Å². The fraction of sp³-hybridized carbons (Fsp3) is 0.455. The topological polar surface area (TPSA) is 170 Å². The Balaban J connectivity index is 1.82. The Bertz CT molecular complexity index is 1430. The molecule has 0 aliphatic rings. The first-order valence-corrected chi connectivity index (χ1v) is 14.9. The van der Waals surface area contributed by atoms with Gasteiger partial charge in [0.1, 0.15) is 24.2 Å². The Kier molecular flexibility index (Phi) is 14.5. The van der Waals surface area contributed by atoms with Gasteiger partial charge in [-0.25, -0.2) is 0 Å². The van der Waals surface area contributed by atoms with Crippen LogP contribution in [0.4, 0.5) is 0 Å². The summed E-state index contributed by atoms with van der Waals surface area (Å²) in [6, 6.07) is 9.16. The second kappa shape index (κ2) is 18.6. The summed E-state index contributed by atoms with van der Waals surface area (Å²) in [5, 5.41) is 26.9. The van der Waals surface area contributed by atoms with Crippen molar-refractivity contribution in [1.82, 2.24) is 0 Å². The van der Waals surface area contributed by atoms with Gasteiger partial charge in [-0.2, -0.15) is 0 Å². The van der Waals surface area contributed by atoms with Crippen LogP contribution in [0.1, 0.15) is 70.6 Å². The summed E-state index contributed by atoms with van der Waals surface area (Å²) in [4.78, 5) is 50.4. The van der Waals surface area contributed by atoms with Crippen LogP contribution in [0.2, 0.25) is 0 Å². The number of hydrogen-bond acceptors (Lipinski definition) is 11. The number of aliphatic hydroxyl groups is 3. The van der Waals surface area contributed by atoms with Crippen molar-refractivity contribution in [2.24, 2.45) is 0 Å². The van der Waals surface area contributed by atoms with E-state index < -0.39 is 5.97 Å². The smallest absolute Gasteiger partial charge is 0.311 e. The van der Waals surface area contributed by atoms with Gasteiger partial charge in [0.2, 0.25) is 5.43 Å².